The van der Waals surface area contributed by atoms with Crippen LogP contribution in [0.5, 0.6) is 0 Å². The molecular weight excluding hydrogens is 355 g/mol. The topological polar surface area (TPSA) is 105 Å². The lowest BCUT2D eigenvalue weighted by Crippen LogP contribution is -2.30. The second kappa shape index (κ2) is 6.47. The van der Waals surface area contributed by atoms with E-state index in [1.54, 1.807) is 0 Å². The standard InChI is InChI=1S/C16H10F3N3O4/c17-7-3-8(15(19)9(18)4-7)10-5-12(24)14(11(23)1-2-13(25)26)16-20-6-21-22(10)16/h3-6,23H,1-2H2,(H,25,26). The van der Waals surface area contributed by atoms with Gasteiger partial charge in [-0.05, 0) is 6.07 Å². The van der Waals surface area contributed by atoms with Crippen LogP contribution in [0.25, 0.3) is 22.7 Å². The van der Waals surface area contributed by atoms with Gasteiger partial charge in [0.15, 0.2) is 22.7 Å². The van der Waals surface area contributed by atoms with Gasteiger partial charge >= 0.3 is 5.97 Å². The molecule has 0 aliphatic heterocycles. The van der Waals surface area contributed by atoms with Crippen molar-refractivity contribution < 1.29 is 28.2 Å². The maximum Gasteiger partial charge on any atom is 0.303 e. The maximum absolute atomic E-state index is 14.1. The Morgan fingerprint density at radius 1 is 1.12 bits per heavy atom. The highest BCUT2D eigenvalue weighted by Gasteiger charge is 2.19. The lowest BCUT2D eigenvalue weighted by Gasteiger charge is -2.07. The molecule has 0 fully saturated rings. The van der Waals surface area contributed by atoms with E-state index in [9.17, 15) is 27.9 Å². The minimum absolute atomic E-state index is 0.195. The van der Waals surface area contributed by atoms with Crippen molar-refractivity contribution in [3.05, 3.63) is 57.4 Å². The molecule has 0 atom stereocenters. The summed E-state index contributed by atoms with van der Waals surface area (Å²) in [5.74, 6) is -5.60. The molecule has 10 heteroatoms. The smallest absolute Gasteiger partial charge is 0.303 e. The van der Waals surface area contributed by atoms with Crippen LogP contribution in [0.1, 0.15) is 12.8 Å². The van der Waals surface area contributed by atoms with E-state index in [0.717, 1.165) is 16.9 Å². The van der Waals surface area contributed by atoms with Crippen LogP contribution < -0.4 is 10.6 Å². The maximum atomic E-state index is 14.1. The van der Waals surface area contributed by atoms with E-state index in [-0.39, 0.29) is 23.0 Å². The summed E-state index contributed by atoms with van der Waals surface area (Å²) in [6.45, 7) is 0. The fourth-order valence-corrected chi connectivity index (χ4v) is 2.51. The van der Waals surface area contributed by atoms with Gasteiger partial charge in [-0.15, -0.1) is 0 Å². The van der Waals surface area contributed by atoms with Crippen LogP contribution in [0, 0.1) is 17.5 Å². The average Bonchev–Trinajstić information content (AvgIpc) is 3.04. The number of carboxylic acids is 1. The molecule has 1 aromatic carbocycles. The summed E-state index contributed by atoms with van der Waals surface area (Å²) in [5.41, 5.74) is -1.84. The van der Waals surface area contributed by atoms with Gasteiger partial charge < -0.3 is 10.2 Å². The van der Waals surface area contributed by atoms with E-state index in [2.05, 4.69) is 10.1 Å². The SMILES string of the molecule is O=C(O)CCC(O)=c1c(=O)cc(-c2cc(F)cc(F)c2F)n2ncnc12. The molecule has 0 aliphatic carbocycles. The molecule has 0 saturated carbocycles. The van der Waals surface area contributed by atoms with E-state index in [1.807, 2.05) is 0 Å². The van der Waals surface area contributed by atoms with Gasteiger partial charge in [0.1, 0.15) is 23.1 Å². The van der Waals surface area contributed by atoms with Crippen molar-refractivity contribution >= 4 is 17.4 Å². The quantitative estimate of drug-likeness (QED) is 0.678. The van der Waals surface area contributed by atoms with Gasteiger partial charge in [-0.3, -0.25) is 9.59 Å². The van der Waals surface area contributed by atoms with E-state index in [1.165, 1.54) is 0 Å². The van der Waals surface area contributed by atoms with Gasteiger partial charge in [0.2, 0.25) is 0 Å². The summed E-state index contributed by atoms with van der Waals surface area (Å²) in [6, 6.07) is 1.89. The third-order valence-electron chi connectivity index (χ3n) is 3.65. The molecule has 0 unspecified atom stereocenters. The number of rotatable bonds is 4. The molecule has 0 aliphatic rings. The summed E-state index contributed by atoms with van der Waals surface area (Å²) in [6.07, 6.45) is 0.228. The predicted molar refractivity (Wildman–Crippen MR) is 82.7 cm³/mol. The molecule has 26 heavy (non-hydrogen) atoms. The number of hydrogen-bond donors (Lipinski definition) is 2. The van der Waals surface area contributed by atoms with Gasteiger partial charge in [-0.1, -0.05) is 0 Å². The van der Waals surface area contributed by atoms with E-state index in [0.29, 0.717) is 12.1 Å². The van der Waals surface area contributed by atoms with Crippen LogP contribution >= 0.6 is 0 Å². The Kier molecular flexibility index (Phi) is 4.33. The molecule has 3 aromatic rings. The molecule has 0 amide bonds. The molecule has 2 aromatic heterocycles. The largest absolute Gasteiger partial charge is 0.511 e. The van der Waals surface area contributed by atoms with Crippen LogP contribution in [-0.2, 0) is 4.79 Å². The molecule has 0 spiro atoms. The van der Waals surface area contributed by atoms with Crippen LogP contribution in [0.15, 0.2) is 29.3 Å². The van der Waals surface area contributed by atoms with Gasteiger partial charge in [-0.25, -0.2) is 22.7 Å². The minimum atomic E-state index is -1.44. The number of aromatic nitrogens is 3. The summed E-state index contributed by atoms with van der Waals surface area (Å²) < 4.78 is 42.0. The Morgan fingerprint density at radius 2 is 1.85 bits per heavy atom. The van der Waals surface area contributed by atoms with Gasteiger partial charge in [0.25, 0.3) is 0 Å². The van der Waals surface area contributed by atoms with Crippen molar-refractivity contribution in [3.63, 3.8) is 0 Å². The molecule has 0 bridgehead atoms. The highest BCUT2D eigenvalue weighted by atomic mass is 19.2. The third kappa shape index (κ3) is 2.96. The van der Waals surface area contributed by atoms with Crippen molar-refractivity contribution in [2.75, 3.05) is 0 Å². The summed E-state index contributed by atoms with van der Waals surface area (Å²) >= 11 is 0. The van der Waals surface area contributed by atoms with Crippen LogP contribution in [-0.4, -0.2) is 30.8 Å². The number of aliphatic hydroxyl groups excluding tert-OH is 1. The predicted octanol–water partition coefficient (Wildman–Crippen LogP) is 1.42. The second-order valence-electron chi connectivity index (χ2n) is 5.35. The Balaban J connectivity index is 2.32. The highest BCUT2D eigenvalue weighted by Crippen LogP contribution is 2.24. The number of aliphatic carboxylic acids is 1. The number of halogens is 3. The van der Waals surface area contributed by atoms with Crippen molar-refractivity contribution in [3.8, 4) is 11.3 Å². The Bertz CT molecular complexity index is 1140. The van der Waals surface area contributed by atoms with E-state index >= 15 is 0 Å². The zero-order valence-electron chi connectivity index (χ0n) is 12.9. The summed E-state index contributed by atoms with van der Waals surface area (Å²) in [7, 11) is 0. The van der Waals surface area contributed by atoms with Crippen molar-refractivity contribution in [1.29, 1.82) is 0 Å². The Morgan fingerprint density at radius 3 is 2.54 bits per heavy atom. The molecule has 2 N–H and O–H groups in total. The lowest BCUT2D eigenvalue weighted by molar-refractivity contribution is -0.136. The third-order valence-corrected chi connectivity index (χ3v) is 3.65. The number of carboxylic acid groups (broad SMARTS) is 1. The van der Waals surface area contributed by atoms with Crippen molar-refractivity contribution in [1.82, 2.24) is 14.6 Å². The monoisotopic (exact) mass is 365 g/mol. The number of aliphatic hydroxyl groups is 1. The molecular formula is C16H10F3N3O4. The second-order valence-corrected chi connectivity index (χ2v) is 5.35. The highest BCUT2D eigenvalue weighted by molar-refractivity contribution is 5.69. The lowest BCUT2D eigenvalue weighted by atomic mass is 10.1. The number of fused-ring (bicyclic) bond motifs is 1. The number of pyridine rings is 1. The molecule has 134 valence electrons. The van der Waals surface area contributed by atoms with Crippen LogP contribution in [0.2, 0.25) is 0 Å². The molecule has 7 nitrogen and oxygen atoms in total. The zero-order chi connectivity index (χ0) is 19.0. The zero-order valence-corrected chi connectivity index (χ0v) is 12.9. The van der Waals surface area contributed by atoms with E-state index in [4.69, 9.17) is 5.11 Å². The fraction of sp³-hybridized carbons (Fsp3) is 0.125. The van der Waals surface area contributed by atoms with Gasteiger partial charge in [-0.2, -0.15) is 5.10 Å². The first-order valence-corrected chi connectivity index (χ1v) is 7.25. The molecule has 0 saturated heterocycles. The first-order chi connectivity index (χ1) is 12.3. The number of nitrogens with zero attached hydrogens (tertiary/aromatic N) is 3. The number of benzene rings is 1. The van der Waals surface area contributed by atoms with Gasteiger partial charge in [0, 0.05) is 24.1 Å². The summed E-state index contributed by atoms with van der Waals surface area (Å²) in [5, 5.41) is 22.2. The normalized spacial score (nSPS) is 12.4. The minimum Gasteiger partial charge on any atom is -0.511 e. The number of carbonyl (C=O) groups is 1. The molecule has 0 radical (unpaired) electrons. The van der Waals surface area contributed by atoms with Crippen LogP contribution in [0.3, 0.4) is 0 Å². The first-order valence-electron chi connectivity index (χ1n) is 7.25. The summed E-state index contributed by atoms with van der Waals surface area (Å²) in [4.78, 5) is 26.8. The van der Waals surface area contributed by atoms with Crippen LogP contribution in [0.4, 0.5) is 13.2 Å². The van der Waals surface area contributed by atoms with Gasteiger partial charge in [0.05, 0.1) is 12.1 Å². The van der Waals surface area contributed by atoms with Crippen molar-refractivity contribution in [2.45, 2.75) is 12.8 Å². The number of hydrogen-bond acceptors (Lipinski definition) is 5. The average molecular weight is 365 g/mol. The molecule has 3 rings (SSSR count). The fourth-order valence-electron chi connectivity index (χ4n) is 2.51. The Hall–Kier alpha value is -3.43. The Labute approximate surface area is 142 Å². The first kappa shape index (κ1) is 17.4. The van der Waals surface area contributed by atoms with E-state index < -0.39 is 46.6 Å². The molecule has 2 heterocycles. The van der Waals surface area contributed by atoms with Crippen molar-refractivity contribution in [2.24, 2.45) is 0 Å².